The van der Waals surface area contributed by atoms with Crippen molar-refractivity contribution >= 4 is 5.97 Å². The molecule has 0 aliphatic rings. The van der Waals surface area contributed by atoms with E-state index in [-0.39, 0.29) is 0 Å². The largest absolute Gasteiger partial charge is 0.463 e. The molecule has 1 N–H and O–H groups in total. The minimum absolute atomic E-state index is 0.350. The first-order valence-electron chi connectivity index (χ1n) is 4.89. The van der Waals surface area contributed by atoms with Gasteiger partial charge in [0.1, 0.15) is 6.10 Å². The third-order valence-corrected chi connectivity index (χ3v) is 1.71. The van der Waals surface area contributed by atoms with E-state index < -0.39 is 12.1 Å². The molecule has 0 aromatic heterocycles. The first kappa shape index (κ1) is 13.1. The van der Waals surface area contributed by atoms with E-state index in [1.165, 1.54) is 12.2 Å². The Morgan fingerprint density at radius 1 is 1.50 bits per heavy atom. The van der Waals surface area contributed by atoms with Gasteiger partial charge >= 0.3 is 5.97 Å². The van der Waals surface area contributed by atoms with Crippen molar-refractivity contribution in [3.63, 3.8) is 0 Å². The van der Waals surface area contributed by atoms with Gasteiger partial charge in [-0.2, -0.15) is 0 Å². The van der Waals surface area contributed by atoms with Crippen LogP contribution in [-0.2, 0) is 14.4 Å². The number of unbranched alkanes of at least 4 members (excludes halogenated alkanes) is 1. The molecule has 0 radical (unpaired) electrons. The standard InChI is InChI=1S/C10H18O4/c1-3-5-6-9(14-12)7-8-10(11)13-4-2/h7-9,12H,3-6H2,1-2H3/b8-7+/t9-/m1/s1. The third kappa shape index (κ3) is 6.62. The molecule has 0 spiro atoms. The first-order chi connectivity index (χ1) is 6.74. The number of ether oxygens (including phenoxy) is 1. The van der Waals surface area contributed by atoms with Crippen LogP contribution in [0.15, 0.2) is 12.2 Å². The predicted octanol–water partition coefficient (Wildman–Crippen LogP) is 2.15. The summed E-state index contributed by atoms with van der Waals surface area (Å²) in [7, 11) is 0. The van der Waals surface area contributed by atoms with Gasteiger partial charge in [-0.25, -0.2) is 9.68 Å². The van der Waals surface area contributed by atoms with Gasteiger partial charge in [-0.3, -0.25) is 5.26 Å². The number of rotatable bonds is 7. The number of hydrogen-bond acceptors (Lipinski definition) is 4. The summed E-state index contributed by atoms with van der Waals surface area (Å²) in [6, 6.07) is 0. The van der Waals surface area contributed by atoms with Gasteiger partial charge < -0.3 is 4.74 Å². The van der Waals surface area contributed by atoms with Crippen molar-refractivity contribution in [1.82, 2.24) is 0 Å². The van der Waals surface area contributed by atoms with E-state index in [2.05, 4.69) is 9.62 Å². The minimum atomic E-state index is -0.417. The molecule has 0 aliphatic heterocycles. The van der Waals surface area contributed by atoms with Crippen molar-refractivity contribution in [2.45, 2.75) is 39.2 Å². The molecular formula is C10H18O4. The van der Waals surface area contributed by atoms with Crippen LogP contribution < -0.4 is 0 Å². The molecule has 0 saturated heterocycles. The van der Waals surface area contributed by atoms with Crippen molar-refractivity contribution in [2.75, 3.05) is 6.61 Å². The summed E-state index contributed by atoms with van der Waals surface area (Å²) >= 11 is 0. The summed E-state index contributed by atoms with van der Waals surface area (Å²) in [5.41, 5.74) is 0. The quantitative estimate of drug-likeness (QED) is 0.297. The van der Waals surface area contributed by atoms with Crippen LogP contribution in [0, 0.1) is 0 Å². The normalized spacial score (nSPS) is 13.1. The number of esters is 1. The fourth-order valence-electron chi connectivity index (χ4n) is 0.966. The lowest BCUT2D eigenvalue weighted by molar-refractivity contribution is -0.267. The van der Waals surface area contributed by atoms with Crippen LogP contribution in [0.5, 0.6) is 0 Å². The van der Waals surface area contributed by atoms with Crippen LogP contribution in [0.25, 0.3) is 0 Å². The molecular weight excluding hydrogens is 184 g/mol. The van der Waals surface area contributed by atoms with Crippen LogP contribution in [0.2, 0.25) is 0 Å². The van der Waals surface area contributed by atoms with Gasteiger partial charge in [0.2, 0.25) is 0 Å². The Hall–Kier alpha value is -0.870. The molecule has 0 rings (SSSR count). The lowest BCUT2D eigenvalue weighted by Crippen LogP contribution is -2.08. The molecule has 0 bridgehead atoms. The molecule has 0 unspecified atom stereocenters. The highest BCUT2D eigenvalue weighted by Gasteiger charge is 2.04. The van der Waals surface area contributed by atoms with E-state index in [1.54, 1.807) is 6.92 Å². The van der Waals surface area contributed by atoms with Gasteiger partial charge in [0.15, 0.2) is 0 Å². The Kier molecular flexibility index (Phi) is 8.17. The maximum absolute atomic E-state index is 10.9. The molecule has 82 valence electrons. The van der Waals surface area contributed by atoms with Gasteiger partial charge in [-0.1, -0.05) is 19.8 Å². The lowest BCUT2D eigenvalue weighted by atomic mass is 10.1. The smallest absolute Gasteiger partial charge is 0.330 e. The van der Waals surface area contributed by atoms with Crippen molar-refractivity contribution < 1.29 is 19.7 Å². The molecule has 0 saturated carbocycles. The summed E-state index contributed by atoms with van der Waals surface area (Å²) in [6.07, 6.45) is 5.03. The second-order valence-corrected chi connectivity index (χ2v) is 2.90. The van der Waals surface area contributed by atoms with Crippen LogP contribution in [0.4, 0.5) is 0 Å². The zero-order valence-electron chi connectivity index (χ0n) is 8.73. The number of hydrogen-bond donors (Lipinski definition) is 1. The summed E-state index contributed by atoms with van der Waals surface area (Å²) < 4.78 is 4.68. The molecule has 0 heterocycles. The van der Waals surface area contributed by atoms with E-state index in [0.717, 1.165) is 12.8 Å². The molecule has 4 nitrogen and oxygen atoms in total. The monoisotopic (exact) mass is 202 g/mol. The number of carbonyl (C=O) groups is 1. The SMILES string of the molecule is CCCC[C@H](/C=C/C(=O)OCC)OO. The highest BCUT2D eigenvalue weighted by molar-refractivity contribution is 5.81. The van der Waals surface area contributed by atoms with Crippen molar-refractivity contribution in [1.29, 1.82) is 0 Å². The lowest BCUT2D eigenvalue weighted by Gasteiger charge is -2.06. The van der Waals surface area contributed by atoms with E-state index in [4.69, 9.17) is 5.26 Å². The Morgan fingerprint density at radius 2 is 2.21 bits per heavy atom. The summed E-state index contributed by atoms with van der Waals surface area (Å²) in [5.74, 6) is -0.411. The summed E-state index contributed by atoms with van der Waals surface area (Å²) in [4.78, 5) is 15.1. The average Bonchev–Trinajstić information content (AvgIpc) is 2.19. The highest BCUT2D eigenvalue weighted by atomic mass is 17.1. The Morgan fingerprint density at radius 3 is 2.71 bits per heavy atom. The zero-order chi connectivity index (χ0) is 10.8. The molecule has 14 heavy (non-hydrogen) atoms. The molecule has 0 amide bonds. The zero-order valence-corrected chi connectivity index (χ0v) is 8.73. The first-order valence-corrected chi connectivity index (χ1v) is 4.89. The second-order valence-electron chi connectivity index (χ2n) is 2.90. The highest BCUT2D eigenvalue weighted by Crippen LogP contribution is 2.05. The third-order valence-electron chi connectivity index (χ3n) is 1.71. The van der Waals surface area contributed by atoms with E-state index in [0.29, 0.717) is 13.0 Å². The molecule has 0 aliphatic carbocycles. The van der Waals surface area contributed by atoms with Gasteiger partial charge in [-0.15, -0.1) is 0 Å². The molecule has 4 heteroatoms. The van der Waals surface area contributed by atoms with E-state index in [9.17, 15) is 4.79 Å². The summed E-state index contributed by atoms with van der Waals surface area (Å²) in [5, 5.41) is 8.49. The fourth-order valence-corrected chi connectivity index (χ4v) is 0.966. The second kappa shape index (κ2) is 8.72. The van der Waals surface area contributed by atoms with Crippen LogP contribution >= 0.6 is 0 Å². The van der Waals surface area contributed by atoms with Crippen LogP contribution in [0.1, 0.15) is 33.1 Å². The Balaban J connectivity index is 3.84. The van der Waals surface area contributed by atoms with E-state index >= 15 is 0 Å². The molecule has 0 aromatic carbocycles. The minimum Gasteiger partial charge on any atom is -0.463 e. The van der Waals surface area contributed by atoms with Gasteiger partial charge in [0.05, 0.1) is 6.61 Å². The van der Waals surface area contributed by atoms with Crippen molar-refractivity contribution in [3.8, 4) is 0 Å². The van der Waals surface area contributed by atoms with Gasteiger partial charge in [0.25, 0.3) is 0 Å². The maximum atomic E-state index is 10.9. The Labute approximate surface area is 84.4 Å². The fraction of sp³-hybridized carbons (Fsp3) is 0.700. The molecule has 0 aromatic rings. The summed E-state index contributed by atoms with van der Waals surface area (Å²) in [6.45, 7) is 4.13. The van der Waals surface area contributed by atoms with Gasteiger partial charge in [0, 0.05) is 6.08 Å². The van der Waals surface area contributed by atoms with Crippen LogP contribution in [0.3, 0.4) is 0 Å². The molecule has 0 fully saturated rings. The topological polar surface area (TPSA) is 55.8 Å². The van der Waals surface area contributed by atoms with Crippen molar-refractivity contribution in [3.05, 3.63) is 12.2 Å². The average molecular weight is 202 g/mol. The number of carbonyl (C=O) groups excluding carboxylic acids is 1. The Bertz CT molecular complexity index is 177. The van der Waals surface area contributed by atoms with Gasteiger partial charge in [-0.05, 0) is 19.4 Å². The van der Waals surface area contributed by atoms with E-state index in [1.807, 2.05) is 6.92 Å². The van der Waals surface area contributed by atoms with Crippen molar-refractivity contribution in [2.24, 2.45) is 0 Å². The predicted molar refractivity (Wildman–Crippen MR) is 52.8 cm³/mol. The molecule has 1 atom stereocenters. The van der Waals surface area contributed by atoms with Crippen LogP contribution in [-0.4, -0.2) is 23.9 Å². The maximum Gasteiger partial charge on any atom is 0.330 e.